The van der Waals surface area contributed by atoms with Crippen molar-refractivity contribution in [3.63, 3.8) is 0 Å². The molecule has 4 nitrogen and oxygen atoms in total. The third-order valence-corrected chi connectivity index (χ3v) is 3.47. The average Bonchev–Trinajstić information content (AvgIpc) is 2.55. The quantitative estimate of drug-likeness (QED) is 0.846. The highest BCUT2D eigenvalue weighted by molar-refractivity contribution is 5.94. The number of aliphatic carboxylic acids is 1. The van der Waals surface area contributed by atoms with Gasteiger partial charge in [0.15, 0.2) is 0 Å². The van der Waals surface area contributed by atoms with Crippen LogP contribution in [0.1, 0.15) is 0 Å². The summed E-state index contributed by atoms with van der Waals surface area (Å²) in [5, 5.41) is 13.2. The molecule has 0 bridgehead atoms. The zero-order valence-electron chi connectivity index (χ0n) is 12.3. The van der Waals surface area contributed by atoms with Gasteiger partial charge in [-0.05, 0) is 11.5 Å². The first-order chi connectivity index (χ1) is 10.9. The van der Waals surface area contributed by atoms with Gasteiger partial charge in [-0.15, -0.1) is 0 Å². The number of anilines is 1. The molecule has 2 aromatic carbocycles. The van der Waals surface area contributed by atoms with Gasteiger partial charge in [-0.1, -0.05) is 36.4 Å². The summed E-state index contributed by atoms with van der Waals surface area (Å²) in [7, 11) is 0. The lowest BCUT2D eigenvalue weighted by molar-refractivity contribution is -0.192. The topological polar surface area (TPSA) is 52.6 Å². The normalized spacial score (nSPS) is 15.0. The van der Waals surface area contributed by atoms with Crippen molar-refractivity contribution in [3.8, 4) is 0 Å². The van der Waals surface area contributed by atoms with Crippen molar-refractivity contribution in [1.29, 1.82) is 0 Å². The lowest BCUT2D eigenvalue weighted by atomic mass is 10.1. The summed E-state index contributed by atoms with van der Waals surface area (Å²) in [5.41, 5.74) is 1.37. The Bertz CT molecular complexity index is 662. The maximum Gasteiger partial charge on any atom is 0.490 e. The molecule has 0 spiro atoms. The van der Waals surface area contributed by atoms with Gasteiger partial charge in [-0.2, -0.15) is 13.2 Å². The van der Waals surface area contributed by atoms with E-state index in [1.54, 1.807) is 0 Å². The van der Waals surface area contributed by atoms with Crippen LogP contribution in [0, 0.1) is 0 Å². The van der Waals surface area contributed by atoms with E-state index in [4.69, 9.17) is 9.90 Å². The van der Waals surface area contributed by atoms with Gasteiger partial charge >= 0.3 is 12.1 Å². The maximum atomic E-state index is 10.6. The molecule has 0 atom stereocenters. The van der Waals surface area contributed by atoms with Crippen LogP contribution >= 0.6 is 0 Å². The Morgan fingerprint density at radius 1 is 1.04 bits per heavy atom. The zero-order chi connectivity index (χ0) is 16.9. The highest BCUT2D eigenvalue weighted by Gasteiger charge is 2.38. The molecule has 23 heavy (non-hydrogen) atoms. The molecule has 3 rings (SSSR count). The van der Waals surface area contributed by atoms with Crippen LogP contribution in [0.25, 0.3) is 10.8 Å². The molecular formula is C16H17F3N2O2. The van der Waals surface area contributed by atoms with Crippen molar-refractivity contribution >= 4 is 22.4 Å². The first-order valence-corrected chi connectivity index (χ1v) is 7.13. The number of carboxylic acids is 1. The molecule has 1 aliphatic heterocycles. The smallest absolute Gasteiger partial charge is 0.475 e. The molecule has 2 aromatic rings. The molecule has 0 aliphatic carbocycles. The Labute approximate surface area is 131 Å². The number of nitrogens with zero attached hydrogens (tertiary/aromatic N) is 1. The van der Waals surface area contributed by atoms with Crippen molar-refractivity contribution in [2.24, 2.45) is 0 Å². The number of halogens is 3. The van der Waals surface area contributed by atoms with Gasteiger partial charge in [0.2, 0.25) is 0 Å². The minimum Gasteiger partial charge on any atom is -0.475 e. The van der Waals surface area contributed by atoms with Crippen LogP contribution in [-0.4, -0.2) is 43.4 Å². The number of piperazine rings is 1. The van der Waals surface area contributed by atoms with Gasteiger partial charge < -0.3 is 15.3 Å². The fourth-order valence-corrected chi connectivity index (χ4v) is 2.39. The van der Waals surface area contributed by atoms with Crippen molar-refractivity contribution < 1.29 is 23.1 Å². The van der Waals surface area contributed by atoms with Crippen LogP contribution in [0.3, 0.4) is 0 Å². The van der Waals surface area contributed by atoms with Crippen LogP contribution in [-0.2, 0) is 4.79 Å². The maximum absolute atomic E-state index is 10.6. The van der Waals surface area contributed by atoms with E-state index in [-0.39, 0.29) is 0 Å². The number of fused-ring (bicyclic) bond motifs is 1. The molecule has 0 unspecified atom stereocenters. The lowest BCUT2D eigenvalue weighted by Gasteiger charge is -2.30. The summed E-state index contributed by atoms with van der Waals surface area (Å²) < 4.78 is 31.7. The molecular weight excluding hydrogens is 309 g/mol. The second-order valence-corrected chi connectivity index (χ2v) is 5.04. The van der Waals surface area contributed by atoms with Gasteiger partial charge in [0.05, 0.1) is 0 Å². The van der Waals surface area contributed by atoms with Crippen LogP contribution in [0.2, 0.25) is 0 Å². The minimum absolute atomic E-state index is 1.09. The molecule has 124 valence electrons. The molecule has 2 N–H and O–H groups in total. The van der Waals surface area contributed by atoms with E-state index >= 15 is 0 Å². The lowest BCUT2D eigenvalue weighted by Crippen LogP contribution is -2.43. The predicted molar refractivity (Wildman–Crippen MR) is 82.7 cm³/mol. The molecule has 0 aromatic heterocycles. The SMILES string of the molecule is O=C(O)C(F)(F)F.c1ccc2c(N3CCNCC3)cccc2c1. The molecule has 1 aliphatic rings. The van der Waals surface area contributed by atoms with Crippen LogP contribution < -0.4 is 10.2 Å². The van der Waals surface area contributed by atoms with E-state index in [9.17, 15) is 13.2 Å². The number of carboxylic acid groups (broad SMARTS) is 1. The molecule has 0 radical (unpaired) electrons. The highest BCUT2D eigenvalue weighted by Crippen LogP contribution is 2.26. The minimum atomic E-state index is -5.08. The van der Waals surface area contributed by atoms with Crippen LogP contribution in [0.5, 0.6) is 0 Å². The van der Waals surface area contributed by atoms with E-state index in [1.807, 2.05) is 0 Å². The van der Waals surface area contributed by atoms with Crippen molar-refractivity contribution in [3.05, 3.63) is 42.5 Å². The number of alkyl halides is 3. The summed E-state index contributed by atoms with van der Waals surface area (Å²) in [6.45, 7) is 4.38. The van der Waals surface area contributed by atoms with Gasteiger partial charge in [-0.25, -0.2) is 4.79 Å². The molecule has 0 saturated carbocycles. The second kappa shape index (κ2) is 7.32. The fraction of sp³-hybridized carbons (Fsp3) is 0.312. The monoisotopic (exact) mass is 326 g/mol. The summed E-state index contributed by atoms with van der Waals surface area (Å²) in [4.78, 5) is 11.4. The van der Waals surface area contributed by atoms with Crippen molar-refractivity contribution in [2.45, 2.75) is 6.18 Å². The molecule has 7 heteroatoms. The number of rotatable bonds is 1. The van der Waals surface area contributed by atoms with E-state index in [0.717, 1.165) is 26.2 Å². The Morgan fingerprint density at radius 3 is 2.22 bits per heavy atom. The number of carbonyl (C=O) groups is 1. The van der Waals surface area contributed by atoms with Gasteiger partial charge in [-0.3, -0.25) is 0 Å². The number of benzene rings is 2. The number of hydrogen-bond acceptors (Lipinski definition) is 3. The summed E-state index contributed by atoms with van der Waals surface area (Å²) >= 11 is 0. The zero-order valence-corrected chi connectivity index (χ0v) is 12.3. The van der Waals surface area contributed by atoms with Gasteiger partial charge in [0.25, 0.3) is 0 Å². The summed E-state index contributed by atoms with van der Waals surface area (Å²) in [5.74, 6) is -2.76. The molecule has 1 heterocycles. The van der Waals surface area contributed by atoms with Gasteiger partial charge in [0.1, 0.15) is 0 Å². The third kappa shape index (κ3) is 4.59. The van der Waals surface area contributed by atoms with E-state index in [1.165, 1.54) is 16.5 Å². The fourth-order valence-electron chi connectivity index (χ4n) is 2.39. The van der Waals surface area contributed by atoms with E-state index in [2.05, 4.69) is 52.7 Å². The van der Waals surface area contributed by atoms with Crippen LogP contribution in [0.15, 0.2) is 42.5 Å². The largest absolute Gasteiger partial charge is 0.490 e. The number of nitrogens with one attached hydrogen (secondary N) is 1. The first kappa shape index (κ1) is 17.1. The molecule has 1 fully saturated rings. The predicted octanol–water partition coefficient (Wildman–Crippen LogP) is 2.88. The highest BCUT2D eigenvalue weighted by atomic mass is 19.4. The Hall–Kier alpha value is -2.28. The van der Waals surface area contributed by atoms with E-state index in [0.29, 0.717) is 0 Å². The molecule has 0 amide bonds. The van der Waals surface area contributed by atoms with E-state index < -0.39 is 12.1 Å². The number of hydrogen-bond donors (Lipinski definition) is 2. The van der Waals surface area contributed by atoms with Crippen LogP contribution in [0.4, 0.5) is 18.9 Å². The van der Waals surface area contributed by atoms with Crippen molar-refractivity contribution in [2.75, 3.05) is 31.1 Å². The molecule has 1 saturated heterocycles. The third-order valence-electron chi connectivity index (χ3n) is 3.47. The average molecular weight is 326 g/mol. The summed E-state index contributed by atoms with van der Waals surface area (Å²) in [6, 6.07) is 15.2. The Kier molecular flexibility index (Phi) is 5.44. The van der Waals surface area contributed by atoms with Crippen molar-refractivity contribution in [1.82, 2.24) is 5.32 Å². The Balaban J connectivity index is 0.000000236. The Morgan fingerprint density at radius 2 is 1.61 bits per heavy atom. The van der Waals surface area contributed by atoms with Gasteiger partial charge in [0, 0.05) is 37.3 Å². The first-order valence-electron chi connectivity index (χ1n) is 7.13. The second-order valence-electron chi connectivity index (χ2n) is 5.04. The summed E-state index contributed by atoms with van der Waals surface area (Å²) in [6.07, 6.45) is -5.08. The standard InChI is InChI=1S/C14H16N2.C2HF3O2/c1-2-6-13-12(4-1)5-3-7-14(13)16-10-8-15-9-11-16;3-2(4,5)1(6)7/h1-7,15H,8-11H2;(H,6,7).